The van der Waals surface area contributed by atoms with Crippen LogP contribution in [0.4, 0.5) is 0 Å². The second kappa shape index (κ2) is 3.70. The lowest BCUT2D eigenvalue weighted by Gasteiger charge is -2.01. The summed E-state index contributed by atoms with van der Waals surface area (Å²) in [5, 5.41) is 3.01. The molecule has 0 bridgehead atoms. The van der Waals surface area contributed by atoms with Gasteiger partial charge in [-0.2, -0.15) is 0 Å². The van der Waals surface area contributed by atoms with Crippen molar-refractivity contribution in [3.05, 3.63) is 44.5 Å². The van der Waals surface area contributed by atoms with Crippen LogP contribution in [0, 0.1) is 0 Å². The van der Waals surface area contributed by atoms with Gasteiger partial charge in [-0.15, -0.1) is 0 Å². The van der Waals surface area contributed by atoms with Gasteiger partial charge >= 0.3 is 11.1 Å². The summed E-state index contributed by atoms with van der Waals surface area (Å²) in [6.07, 6.45) is 0. The van der Waals surface area contributed by atoms with Gasteiger partial charge in [0.25, 0.3) is 0 Å². The third-order valence-corrected chi connectivity index (χ3v) is 2.17. The van der Waals surface area contributed by atoms with Crippen LogP contribution in [-0.4, -0.2) is 17.0 Å². The van der Waals surface area contributed by atoms with Gasteiger partial charge in [0.15, 0.2) is 0 Å². The second-order valence-electron chi connectivity index (χ2n) is 3.32. The Labute approximate surface area is 85.2 Å². The van der Waals surface area contributed by atoms with Crippen LogP contribution in [0.1, 0.15) is 5.56 Å². The first kappa shape index (κ1) is 9.67. The molecule has 0 aliphatic heterocycles. The molecule has 78 valence electrons. The maximum absolute atomic E-state index is 11.1. The number of aromatic amines is 2. The van der Waals surface area contributed by atoms with Crippen LogP contribution < -0.4 is 16.4 Å². The Morgan fingerprint density at radius 3 is 2.47 bits per heavy atom. The van der Waals surface area contributed by atoms with Gasteiger partial charge in [-0.1, -0.05) is 6.07 Å². The number of nitrogens with one attached hydrogen (secondary N) is 3. The van der Waals surface area contributed by atoms with Crippen molar-refractivity contribution in [3.8, 4) is 0 Å². The highest BCUT2D eigenvalue weighted by Gasteiger charge is 1.99. The van der Waals surface area contributed by atoms with Crippen LogP contribution in [0.5, 0.6) is 0 Å². The Hall–Kier alpha value is -1.88. The van der Waals surface area contributed by atoms with Crippen LogP contribution in [-0.2, 0) is 6.54 Å². The average molecular weight is 205 g/mol. The summed E-state index contributed by atoms with van der Waals surface area (Å²) in [5.74, 6) is 0. The van der Waals surface area contributed by atoms with Crippen LogP contribution in [0.2, 0.25) is 0 Å². The molecule has 2 aromatic rings. The van der Waals surface area contributed by atoms with E-state index in [2.05, 4.69) is 15.3 Å². The molecule has 0 saturated carbocycles. The van der Waals surface area contributed by atoms with Gasteiger partial charge in [0.2, 0.25) is 0 Å². The van der Waals surface area contributed by atoms with Crippen molar-refractivity contribution in [2.45, 2.75) is 6.54 Å². The predicted molar refractivity (Wildman–Crippen MR) is 58.0 cm³/mol. The number of hydrogen-bond donors (Lipinski definition) is 3. The fourth-order valence-electron chi connectivity index (χ4n) is 1.48. The number of hydrogen-bond acceptors (Lipinski definition) is 3. The van der Waals surface area contributed by atoms with E-state index in [-0.39, 0.29) is 0 Å². The zero-order valence-corrected chi connectivity index (χ0v) is 8.26. The van der Waals surface area contributed by atoms with Crippen molar-refractivity contribution in [2.24, 2.45) is 0 Å². The lowest BCUT2D eigenvalue weighted by atomic mass is 10.2. The molecular formula is C10H11N3O2. The van der Waals surface area contributed by atoms with Crippen LogP contribution in [0.3, 0.4) is 0 Å². The molecule has 5 heteroatoms. The molecule has 0 spiro atoms. The minimum absolute atomic E-state index is 0.621. The van der Waals surface area contributed by atoms with Crippen molar-refractivity contribution in [2.75, 3.05) is 7.05 Å². The summed E-state index contributed by atoms with van der Waals surface area (Å²) < 4.78 is 0. The largest absolute Gasteiger partial charge is 0.316 e. The first-order valence-electron chi connectivity index (χ1n) is 4.60. The predicted octanol–water partition coefficient (Wildman–Crippen LogP) is -0.0642. The molecule has 0 unspecified atom stereocenters. The molecule has 0 aliphatic rings. The highest BCUT2D eigenvalue weighted by molar-refractivity contribution is 5.74. The first-order valence-corrected chi connectivity index (χ1v) is 4.60. The van der Waals surface area contributed by atoms with Gasteiger partial charge in [0, 0.05) is 6.54 Å². The molecule has 1 aromatic heterocycles. The van der Waals surface area contributed by atoms with Gasteiger partial charge in [-0.25, -0.2) is 0 Å². The zero-order chi connectivity index (χ0) is 10.8. The Morgan fingerprint density at radius 2 is 1.80 bits per heavy atom. The van der Waals surface area contributed by atoms with E-state index in [1.807, 2.05) is 19.2 Å². The van der Waals surface area contributed by atoms with Crippen LogP contribution in [0.25, 0.3) is 11.0 Å². The molecule has 15 heavy (non-hydrogen) atoms. The van der Waals surface area contributed by atoms with Crippen molar-refractivity contribution in [1.82, 2.24) is 15.3 Å². The summed E-state index contributed by atoms with van der Waals surface area (Å²) in [6.45, 7) is 0.719. The van der Waals surface area contributed by atoms with Crippen molar-refractivity contribution in [1.29, 1.82) is 0 Å². The highest BCUT2D eigenvalue weighted by atomic mass is 16.2. The molecule has 0 saturated heterocycles. The Kier molecular flexibility index (Phi) is 2.39. The molecule has 0 fully saturated rings. The van der Waals surface area contributed by atoms with E-state index in [1.165, 1.54) is 0 Å². The summed E-state index contributed by atoms with van der Waals surface area (Å²) >= 11 is 0. The van der Waals surface area contributed by atoms with E-state index >= 15 is 0 Å². The van der Waals surface area contributed by atoms with Crippen molar-refractivity contribution in [3.63, 3.8) is 0 Å². The molecular weight excluding hydrogens is 194 g/mol. The number of H-pyrrole nitrogens is 2. The lowest BCUT2D eigenvalue weighted by molar-refractivity contribution is 0.818. The quantitative estimate of drug-likeness (QED) is 0.601. The third-order valence-electron chi connectivity index (χ3n) is 2.17. The van der Waals surface area contributed by atoms with Gasteiger partial charge < -0.3 is 15.3 Å². The fraction of sp³-hybridized carbons (Fsp3) is 0.200. The van der Waals surface area contributed by atoms with Gasteiger partial charge in [-0.05, 0) is 24.7 Å². The number of benzene rings is 1. The van der Waals surface area contributed by atoms with Crippen LogP contribution >= 0.6 is 0 Å². The standard InChI is InChI=1S/C10H11N3O2/c1-11-5-6-2-3-7-8(4-6)13-10(15)9(14)12-7/h2-4,11H,5H2,1H3,(H,12,14)(H,13,15). The minimum atomic E-state index is -0.621. The first-order chi connectivity index (χ1) is 7.20. The van der Waals surface area contributed by atoms with E-state index in [9.17, 15) is 9.59 Å². The topological polar surface area (TPSA) is 77.8 Å². The number of aromatic nitrogens is 2. The monoisotopic (exact) mass is 205 g/mol. The Balaban J connectivity index is 2.66. The molecule has 0 atom stereocenters. The molecule has 1 aromatic carbocycles. The molecule has 1 heterocycles. The Morgan fingerprint density at radius 1 is 1.13 bits per heavy atom. The van der Waals surface area contributed by atoms with Gasteiger partial charge in [-0.3, -0.25) is 9.59 Å². The number of rotatable bonds is 2. The van der Waals surface area contributed by atoms with Crippen LogP contribution in [0.15, 0.2) is 27.8 Å². The zero-order valence-electron chi connectivity index (χ0n) is 8.26. The molecule has 0 radical (unpaired) electrons. The SMILES string of the molecule is CNCc1ccc2[nH]c(=O)c(=O)[nH]c2c1. The van der Waals surface area contributed by atoms with Gasteiger partial charge in [0.1, 0.15) is 0 Å². The van der Waals surface area contributed by atoms with Crippen molar-refractivity contribution < 1.29 is 0 Å². The maximum atomic E-state index is 11.1. The minimum Gasteiger partial charge on any atom is -0.316 e. The summed E-state index contributed by atoms with van der Waals surface area (Å²) in [4.78, 5) is 27.2. The van der Waals surface area contributed by atoms with E-state index in [0.717, 1.165) is 12.1 Å². The maximum Gasteiger partial charge on any atom is 0.314 e. The second-order valence-corrected chi connectivity index (χ2v) is 3.32. The molecule has 2 rings (SSSR count). The van der Waals surface area contributed by atoms with E-state index in [4.69, 9.17) is 0 Å². The molecule has 0 amide bonds. The molecule has 0 aliphatic carbocycles. The van der Waals surface area contributed by atoms with E-state index < -0.39 is 11.1 Å². The summed E-state index contributed by atoms with van der Waals surface area (Å²) in [5.41, 5.74) is 1.09. The molecule has 3 N–H and O–H groups in total. The summed E-state index contributed by atoms with van der Waals surface area (Å²) in [7, 11) is 1.85. The Bertz CT molecular complexity index is 597. The van der Waals surface area contributed by atoms with Crippen molar-refractivity contribution >= 4 is 11.0 Å². The van der Waals surface area contributed by atoms with E-state index in [0.29, 0.717) is 11.0 Å². The summed E-state index contributed by atoms with van der Waals surface area (Å²) in [6, 6.07) is 5.51. The average Bonchev–Trinajstić information content (AvgIpc) is 2.21. The lowest BCUT2D eigenvalue weighted by Crippen LogP contribution is -2.28. The fourth-order valence-corrected chi connectivity index (χ4v) is 1.48. The highest BCUT2D eigenvalue weighted by Crippen LogP contribution is 2.08. The van der Waals surface area contributed by atoms with Gasteiger partial charge in [0.05, 0.1) is 11.0 Å². The van der Waals surface area contributed by atoms with E-state index in [1.54, 1.807) is 6.07 Å². The number of fused-ring (bicyclic) bond motifs is 1. The third kappa shape index (κ3) is 1.82. The normalized spacial score (nSPS) is 10.7. The molecule has 5 nitrogen and oxygen atoms in total. The smallest absolute Gasteiger partial charge is 0.314 e.